The lowest BCUT2D eigenvalue weighted by Gasteiger charge is -2.29. The molecule has 2 N–H and O–H groups in total. The van der Waals surface area contributed by atoms with Gasteiger partial charge in [0.05, 0.1) is 10.7 Å². The van der Waals surface area contributed by atoms with Crippen molar-refractivity contribution in [3.63, 3.8) is 0 Å². The average Bonchev–Trinajstić information content (AvgIpc) is 2.69. The quantitative estimate of drug-likeness (QED) is 0.140. The second kappa shape index (κ2) is 11.5. The summed E-state index contributed by atoms with van der Waals surface area (Å²) in [5.41, 5.74) is 1.67. The largest absolute Gasteiger partial charge is 0.507 e. The summed E-state index contributed by atoms with van der Waals surface area (Å²) in [4.78, 5) is 12.9. The summed E-state index contributed by atoms with van der Waals surface area (Å²) in [5, 5.41) is 19.7. The van der Waals surface area contributed by atoms with Gasteiger partial charge in [-0.1, -0.05) is 63.1 Å². The highest BCUT2D eigenvalue weighted by molar-refractivity contribution is 8.78. The number of phenolic OH excluding ortho intramolecular Hbond substituents is 1. The third kappa shape index (κ3) is 8.97. The van der Waals surface area contributed by atoms with Gasteiger partial charge in [0.2, 0.25) is 0 Å². The number of rotatable bonds is 10. The van der Waals surface area contributed by atoms with Crippen LogP contribution in [0.4, 0.5) is 0 Å². The Morgan fingerprint density at radius 3 is 1.88 bits per heavy atom. The van der Waals surface area contributed by atoms with Crippen LogP contribution in [0.25, 0.3) is 0 Å². The van der Waals surface area contributed by atoms with Crippen LogP contribution in [-0.2, 0) is 15.6 Å². The van der Waals surface area contributed by atoms with Gasteiger partial charge in [-0.2, -0.15) is 0 Å². The van der Waals surface area contributed by atoms with E-state index in [4.69, 9.17) is 9.84 Å². The van der Waals surface area contributed by atoms with Crippen molar-refractivity contribution in [1.82, 2.24) is 0 Å². The molecular formula is C27H38O4S3. The van der Waals surface area contributed by atoms with Gasteiger partial charge < -0.3 is 14.9 Å². The van der Waals surface area contributed by atoms with Crippen LogP contribution in [0.15, 0.2) is 46.2 Å². The maximum absolute atomic E-state index is 11.0. The summed E-state index contributed by atoms with van der Waals surface area (Å²) in [6.07, 6.45) is 0.615. The molecule has 34 heavy (non-hydrogen) atoms. The van der Waals surface area contributed by atoms with E-state index in [2.05, 4.69) is 67.5 Å². The zero-order valence-corrected chi connectivity index (χ0v) is 24.0. The highest BCUT2D eigenvalue weighted by Gasteiger charge is 2.28. The maximum atomic E-state index is 11.0. The molecule has 0 aliphatic rings. The number of phenols is 1. The first-order valence-corrected chi connectivity index (χ1v) is 14.4. The van der Waals surface area contributed by atoms with Gasteiger partial charge in [-0.25, -0.2) is 0 Å². The standard InChI is InChI=1S/C27H38O4S3/c1-25(2,3)21-16-20(17-22(24(21)30)26(4,5)6)33-34-27(7,8)32-19-13-11-18(12-14-19)31-15-9-10-23(28)29/h11-14,16-17,30H,9-10,15H2,1-8H3,(H,28,29). The lowest BCUT2D eigenvalue weighted by atomic mass is 9.79. The fourth-order valence-corrected chi connectivity index (χ4v) is 6.95. The molecule has 188 valence electrons. The van der Waals surface area contributed by atoms with Crippen LogP contribution in [0.5, 0.6) is 11.5 Å². The van der Waals surface area contributed by atoms with E-state index < -0.39 is 5.97 Å². The molecule has 2 aromatic rings. The molecule has 0 atom stereocenters. The third-order valence-electron chi connectivity index (χ3n) is 5.03. The first-order valence-electron chi connectivity index (χ1n) is 11.5. The third-order valence-corrected chi connectivity index (χ3v) is 9.84. The Morgan fingerprint density at radius 1 is 0.882 bits per heavy atom. The molecule has 0 saturated heterocycles. The fourth-order valence-electron chi connectivity index (χ4n) is 3.27. The van der Waals surface area contributed by atoms with Gasteiger partial charge in [-0.05, 0) is 67.5 Å². The number of aromatic hydroxyl groups is 1. The van der Waals surface area contributed by atoms with Gasteiger partial charge in [0, 0.05) is 27.3 Å². The first-order chi connectivity index (χ1) is 15.6. The van der Waals surface area contributed by atoms with Crippen molar-refractivity contribution >= 4 is 39.3 Å². The smallest absolute Gasteiger partial charge is 0.303 e. The van der Waals surface area contributed by atoms with Crippen molar-refractivity contribution in [2.45, 2.75) is 92.9 Å². The van der Waals surface area contributed by atoms with Gasteiger partial charge >= 0.3 is 5.97 Å². The number of thioether (sulfide) groups is 1. The molecule has 0 bridgehead atoms. The van der Waals surface area contributed by atoms with E-state index in [1.54, 1.807) is 33.3 Å². The summed E-state index contributed by atoms with van der Waals surface area (Å²) in [5.74, 6) is 0.362. The number of hydrogen-bond donors (Lipinski definition) is 2. The number of benzene rings is 2. The van der Waals surface area contributed by atoms with Crippen molar-refractivity contribution < 1.29 is 19.7 Å². The minimum absolute atomic E-state index is 0.0871. The molecule has 0 aliphatic carbocycles. The molecule has 0 aromatic heterocycles. The van der Waals surface area contributed by atoms with E-state index in [1.807, 2.05) is 24.3 Å². The number of ether oxygens (including phenoxy) is 1. The van der Waals surface area contributed by atoms with Crippen LogP contribution in [-0.4, -0.2) is 26.9 Å². The molecule has 0 amide bonds. The fraction of sp³-hybridized carbons (Fsp3) is 0.519. The molecule has 0 aliphatic heterocycles. The monoisotopic (exact) mass is 522 g/mol. The molecule has 7 heteroatoms. The van der Waals surface area contributed by atoms with Crippen molar-refractivity contribution in [1.29, 1.82) is 0 Å². The van der Waals surface area contributed by atoms with Crippen LogP contribution < -0.4 is 4.74 Å². The van der Waals surface area contributed by atoms with Gasteiger partial charge in [0.25, 0.3) is 0 Å². The van der Waals surface area contributed by atoms with Crippen molar-refractivity contribution in [3.05, 3.63) is 47.5 Å². The molecule has 2 aromatic carbocycles. The summed E-state index contributed by atoms with van der Waals surface area (Å²) in [6.45, 7) is 17.6. The van der Waals surface area contributed by atoms with E-state index in [0.717, 1.165) is 26.7 Å². The predicted octanol–water partition coefficient (Wildman–Crippen LogP) is 8.50. The van der Waals surface area contributed by atoms with E-state index >= 15 is 0 Å². The molecule has 0 fully saturated rings. The normalized spacial score (nSPS) is 12.6. The lowest BCUT2D eigenvalue weighted by Crippen LogP contribution is -2.17. The molecule has 0 heterocycles. The minimum atomic E-state index is -0.801. The molecule has 0 radical (unpaired) electrons. The molecule has 0 spiro atoms. The first kappa shape index (κ1) is 28.8. The van der Waals surface area contributed by atoms with Crippen molar-refractivity contribution in [3.8, 4) is 11.5 Å². The molecule has 0 unspecified atom stereocenters. The van der Waals surface area contributed by atoms with Crippen LogP contribution in [0.2, 0.25) is 0 Å². The zero-order chi connectivity index (χ0) is 25.7. The van der Waals surface area contributed by atoms with Crippen LogP contribution in [0.3, 0.4) is 0 Å². The summed E-state index contributed by atoms with van der Waals surface area (Å²) in [7, 11) is 3.55. The van der Waals surface area contributed by atoms with E-state index in [-0.39, 0.29) is 21.3 Å². The second-order valence-corrected chi connectivity index (χ2v) is 15.6. The highest BCUT2D eigenvalue weighted by Crippen LogP contribution is 2.51. The number of carboxylic acids is 1. The maximum Gasteiger partial charge on any atom is 0.303 e. The predicted molar refractivity (Wildman–Crippen MR) is 148 cm³/mol. The van der Waals surface area contributed by atoms with Crippen LogP contribution >= 0.6 is 33.3 Å². The second-order valence-electron chi connectivity index (χ2n) is 10.9. The van der Waals surface area contributed by atoms with Crippen molar-refractivity contribution in [2.24, 2.45) is 0 Å². The van der Waals surface area contributed by atoms with Gasteiger partial charge in [-0.15, -0.1) is 11.8 Å². The van der Waals surface area contributed by atoms with E-state index in [1.165, 1.54) is 0 Å². The number of carboxylic acid groups (broad SMARTS) is 1. The Bertz CT molecular complexity index is 936. The van der Waals surface area contributed by atoms with E-state index in [0.29, 0.717) is 18.8 Å². The Labute approximate surface area is 217 Å². The Morgan fingerprint density at radius 2 is 1.41 bits per heavy atom. The lowest BCUT2D eigenvalue weighted by molar-refractivity contribution is -0.137. The number of carbonyl (C=O) groups is 1. The molecule has 0 saturated carbocycles. The van der Waals surface area contributed by atoms with Gasteiger partial charge in [0.1, 0.15) is 11.5 Å². The summed E-state index contributed by atoms with van der Waals surface area (Å²) < 4.78 is 5.54. The Kier molecular flexibility index (Phi) is 9.76. The highest BCUT2D eigenvalue weighted by atomic mass is 33.1. The summed E-state index contributed by atoms with van der Waals surface area (Å²) >= 11 is 1.79. The molecule has 2 rings (SSSR count). The Hall–Kier alpha value is -1.44. The summed E-state index contributed by atoms with van der Waals surface area (Å²) in [6, 6.07) is 12.2. The van der Waals surface area contributed by atoms with Gasteiger partial charge in [-0.3, -0.25) is 4.79 Å². The van der Waals surface area contributed by atoms with Crippen LogP contribution in [0, 0.1) is 0 Å². The Balaban J connectivity index is 2.06. The molecular weight excluding hydrogens is 484 g/mol. The minimum Gasteiger partial charge on any atom is -0.507 e. The van der Waals surface area contributed by atoms with Crippen LogP contribution in [0.1, 0.15) is 79.4 Å². The topological polar surface area (TPSA) is 66.8 Å². The van der Waals surface area contributed by atoms with Crippen molar-refractivity contribution in [2.75, 3.05) is 6.61 Å². The molecule has 4 nitrogen and oxygen atoms in total. The van der Waals surface area contributed by atoms with E-state index in [9.17, 15) is 9.90 Å². The average molecular weight is 523 g/mol. The number of hydrogen-bond acceptors (Lipinski definition) is 6. The SMILES string of the molecule is CC(C)(SSc1cc(C(C)(C)C)c(O)c(C(C)(C)C)c1)Sc1ccc(OCCCC(=O)O)cc1. The van der Waals surface area contributed by atoms with Gasteiger partial charge in [0.15, 0.2) is 0 Å². The number of aliphatic carboxylic acids is 1. The zero-order valence-electron chi connectivity index (χ0n) is 21.5.